The van der Waals surface area contributed by atoms with E-state index < -0.39 is 17.9 Å². The van der Waals surface area contributed by atoms with Crippen LogP contribution in [0.15, 0.2) is 48.5 Å². The Kier molecular flexibility index (Phi) is 6.26. The van der Waals surface area contributed by atoms with Gasteiger partial charge in [-0.2, -0.15) is 0 Å². The first-order valence-corrected chi connectivity index (χ1v) is 10.4. The third kappa shape index (κ3) is 4.37. The van der Waals surface area contributed by atoms with Crippen molar-refractivity contribution in [2.75, 3.05) is 0 Å². The van der Waals surface area contributed by atoms with Gasteiger partial charge in [0.05, 0.1) is 10.6 Å². The minimum atomic E-state index is -1.09. The van der Waals surface area contributed by atoms with Crippen LogP contribution in [0.3, 0.4) is 0 Å². The predicted molar refractivity (Wildman–Crippen MR) is 119 cm³/mol. The molecule has 1 heterocycles. The number of ether oxygens (including phenoxy) is 3. The normalized spacial score (nSPS) is 13.8. The van der Waals surface area contributed by atoms with Gasteiger partial charge in [0.25, 0.3) is 6.47 Å². The Bertz CT molecular complexity index is 1290. The number of carbonyl (C=O) groups excluding carboxylic acids is 2. The molecule has 0 fully saturated rings. The largest absolute Gasteiger partial charge is 0.478 e. The van der Waals surface area contributed by atoms with Crippen LogP contribution in [0.5, 0.6) is 17.2 Å². The summed E-state index contributed by atoms with van der Waals surface area (Å²) in [6.45, 7) is 1.49. The average Bonchev–Trinajstić information content (AvgIpc) is 2.77. The minimum Gasteiger partial charge on any atom is -0.478 e. The van der Waals surface area contributed by atoms with Crippen LogP contribution in [-0.2, 0) is 20.9 Å². The van der Waals surface area contributed by atoms with Crippen molar-refractivity contribution in [2.24, 2.45) is 0 Å². The molecule has 0 spiro atoms. The summed E-state index contributed by atoms with van der Waals surface area (Å²) < 4.78 is 16.1. The number of halogens is 2. The minimum absolute atomic E-state index is 0.0679. The van der Waals surface area contributed by atoms with Crippen molar-refractivity contribution in [3.8, 4) is 17.2 Å². The summed E-state index contributed by atoms with van der Waals surface area (Å²) in [5.41, 5.74) is 2.29. The molecule has 0 saturated heterocycles. The van der Waals surface area contributed by atoms with Gasteiger partial charge in [0.15, 0.2) is 5.75 Å². The zero-order valence-corrected chi connectivity index (χ0v) is 18.6. The highest BCUT2D eigenvalue weighted by Crippen LogP contribution is 2.51. The molecule has 168 valence electrons. The highest BCUT2D eigenvalue weighted by molar-refractivity contribution is 6.32. The maximum atomic E-state index is 12.0. The maximum absolute atomic E-state index is 12.0. The highest BCUT2D eigenvalue weighted by Gasteiger charge is 2.33. The molecule has 0 radical (unpaired) electrons. The number of benzene rings is 3. The standard InChI is InChI=1S/C24H16Cl2O7/c1-12(28)32-22-9-21-17(8-19(22)26)23(14-4-2-3-5-15(14)24(29)30)16-7-18(25)13(10-31-11-27)6-20(16)33-21/h2-9,11,23H,10H2,1H3,(H,29,30). The summed E-state index contributed by atoms with van der Waals surface area (Å²) in [5.74, 6) is -1.42. The Morgan fingerprint density at radius 3 is 2.36 bits per heavy atom. The molecule has 1 aliphatic rings. The van der Waals surface area contributed by atoms with Crippen molar-refractivity contribution < 1.29 is 33.7 Å². The first-order valence-electron chi connectivity index (χ1n) is 9.69. The Labute approximate surface area is 198 Å². The third-order valence-electron chi connectivity index (χ3n) is 5.15. The molecular formula is C24H16Cl2O7. The Morgan fingerprint density at radius 2 is 1.70 bits per heavy atom. The summed E-state index contributed by atoms with van der Waals surface area (Å²) in [6, 6.07) is 12.9. The quantitative estimate of drug-likeness (QED) is 0.216. The van der Waals surface area contributed by atoms with Gasteiger partial charge in [0.1, 0.15) is 18.1 Å². The summed E-state index contributed by atoms with van der Waals surface area (Å²) in [6.07, 6.45) is 0. The van der Waals surface area contributed by atoms with E-state index in [1.54, 1.807) is 36.4 Å². The number of rotatable bonds is 6. The molecule has 1 N–H and O–H groups in total. The van der Waals surface area contributed by atoms with Crippen LogP contribution in [0.2, 0.25) is 10.0 Å². The van der Waals surface area contributed by atoms with Crippen LogP contribution in [-0.4, -0.2) is 23.5 Å². The molecule has 1 atom stereocenters. The van der Waals surface area contributed by atoms with Gasteiger partial charge in [0.2, 0.25) is 0 Å². The number of carboxylic acid groups (broad SMARTS) is 1. The van der Waals surface area contributed by atoms with Crippen LogP contribution < -0.4 is 9.47 Å². The molecule has 0 aromatic heterocycles. The molecule has 0 amide bonds. The van der Waals surface area contributed by atoms with Gasteiger partial charge in [-0.15, -0.1) is 0 Å². The molecule has 0 aliphatic carbocycles. The van der Waals surface area contributed by atoms with Crippen LogP contribution in [0.25, 0.3) is 0 Å². The number of esters is 1. The van der Waals surface area contributed by atoms with E-state index in [9.17, 15) is 19.5 Å². The molecule has 3 aromatic rings. The number of hydrogen-bond donors (Lipinski definition) is 1. The average molecular weight is 487 g/mol. The summed E-state index contributed by atoms with van der Waals surface area (Å²) in [5, 5.41) is 10.3. The second-order valence-corrected chi connectivity index (χ2v) is 8.04. The molecule has 1 aliphatic heterocycles. The third-order valence-corrected chi connectivity index (χ3v) is 5.80. The fourth-order valence-electron chi connectivity index (χ4n) is 3.82. The summed E-state index contributed by atoms with van der Waals surface area (Å²) >= 11 is 12.8. The van der Waals surface area contributed by atoms with Crippen molar-refractivity contribution in [1.82, 2.24) is 0 Å². The van der Waals surface area contributed by atoms with E-state index in [1.807, 2.05) is 0 Å². The lowest BCUT2D eigenvalue weighted by Crippen LogP contribution is -2.16. The maximum Gasteiger partial charge on any atom is 0.335 e. The number of fused-ring (bicyclic) bond motifs is 2. The Balaban J connectivity index is 1.97. The fraction of sp³-hybridized carbons (Fsp3) is 0.125. The molecule has 0 bridgehead atoms. The van der Waals surface area contributed by atoms with E-state index in [4.69, 9.17) is 37.4 Å². The second kappa shape index (κ2) is 9.13. The van der Waals surface area contributed by atoms with E-state index in [2.05, 4.69) is 0 Å². The van der Waals surface area contributed by atoms with Crippen LogP contribution in [0, 0.1) is 0 Å². The van der Waals surface area contributed by atoms with Crippen LogP contribution in [0.4, 0.5) is 0 Å². The van der Waals surface area contributed by atoms with Crippen molar-refractivity contribution >= 4 is 41.6 Å². The molecule has 7 nitrogen and oxygen atoms in total. The molecule has 33 heavy (non-hydrogen) atoms. The lowest BCUT2D eigenvalue weighted by atomic mass is 9.80. The first kappa shape index (κ1) is 22.6. The summed E-state index contributed by atoms with van der Waals surface area (Å²) in [4.78, 5) is 34.1. The number of carboxylic acids is 1. The second-order valence-electron chi connectivity index (χ2n) is 7.23. The zero-order valence-electron chi connectivity index (χ0n) is 17.1. The number of aromatic carboxylic acids is 1. The fourth-order valence-corrected chi connectivity index (χ4v) is 4.26. The number of carbonyl (C=O) groups is 3. The predicted octanol–water partition coefficient (Wildman–Crippen LogP) is 5.58. The van der Waals surface area contributed by atoms with Crippen molar-refractivity contribution in [3.63, 3.8) is 0 Å². The van der Waals surface area contributed by atoms with E-state index in [0.29, 0.717) is 45.2 Å². The SMILES string of the molecule is CC(=O)Oc1cc2c(cc1Cl)C(c1ccccc1C(=O)O)c1cc(Cl)c(COC=O)cc1O2. The van der Waals surface area contributed by atoms with Gasteiger partial charge in [-0.05, 0) is 29.8 Å². The highest BCUT2D eigenvalue weighted by atomic mass is 35.5. The van der Waals surface area contributed by atoms with Gasteiger partial charge >= 0.3 is 11.9 Å². The van der Waals surface area contributed by atoms with Crippen LogP contribution >= 0.6 is 23.2 Å². The Morgan fingerprint density at radius 1 is 1.03 bits per heavy atom. The lowest BCUT2D eigenvalue weighted by Gasteiger charge is -2.30. The molecule has 3 aromatic carbocycles. The van der Waals surface area contributed by atoms with Gasteiger partial charge in [0, 0.05) is 40.6 Å². The smallest absolute Gasteiger partial charge is 0.335 e. The topological polar surface area (TPSA) is 99.1 Å². The number of hydrogen-bond acceptors (Lipinski definition) is 6. The molecule has 9 heteroatoms. The monoisotopic (exact) mass is 486 g/mol. The lowest BCUT2D eigenvalue weighted by molar-refractivity contribution is -0.132. The molecule has 4 rings (SSSR count). The molecule has 1 unspecified atom stereocenters. The van der Waals surface area contributed by atoms with E-state index >= 15 is 0 Å². The van der Waals surface area contributed by atoms with Crippen molar-refractivity contribution in [1.29, 1.82) is 0 Å². The summed E-state index contributed by atoms with van der Waals surface area (Å²) in [7, 11) is 0. The van der Waals surface area contributed by atoms with E-state index in [1.165, 1.54) is 19.1 Å². The van der Waals surface area contributed by atoms with E-state index in [0.717, 1.165) is 0 Å². The Hall–Kier alpha value is -3.55. The van der Waals surface area contributed by atoms with Gasteiger partial charge < -0.3 is 19.3 Å². The molecule has 0 saturated carbocycles. The van der Waals surface area contributed by atoms with E-state index in [-0.39, 0.29) is 22.9 Å². The van der Waals surface area contributed by atoms with Gasteiger partial charge in [-0.3, -0.25) is 9.59 Å². The van der Waals surface area contributed by atoms with Crippen LogP contribution in [0.1, 0.15) is 45.5 Å². The van der Waals surface area contributed by atoms with Crippen molar-refractivity contribution in [2.45, 2.75) is 19.4 Å². The zero-order chi connectivity index (χ0) is 23.7. The van der Waals surface area contributed by atoms with Gasteiger partial charge in [-0.25, -0.2) is 4.79 Å². The van der Waals surface area contributed by atoms with Crippen molar-refractivity contribution in [3.05, 3.63) is 86.4 Å². The molecular weight excluding hydrogens is 471 g/mol. The van der Waals surface area contributed by atoms with Gasteiger partial charge in [-0.1, -0.05) is 41.4 Å². The first-order chi connectivity index (χ1) is 15.8.